The second kappa shape index (κ2) is 20.0. The third kappa shape index (κ3) is 9.26. The van der Waals surface area contributed by atoms with Crippen LogP contribution >= 0.6 is 0 Å². The van der Waals surface area contributed by atoms with E-state index < -0.39 is 23.6 Å². The number of nitrogens with one attached hydrogen (secondary N) is 2. The number of likely N-dealkylation sites (N-methyl/N-ethyl adjacent to an activating group) is 1. The Labute approximate surface area is 428 Å². The van der Waals surface area contributed by atoms with Crippen molar-refractivity contribution in [3.8, 4) is 35.4 Å². The van der Waals surface area contributed by atoms with Gasteiger partial charge in [0.1, 0.15) is 41.2 Å². The number of likely N-dealkylation sites (tertiary alicyclic amines) is 2. The van der Waals surface area contributed by atoms with Gasteiger partial charge in [-0.05, 0) is 111 Å². The highest BCUT2D eigenvalue weighted by Gasteiger charge is 2.41. The van der Waals surface area contributed by atoms with Crippen molar-refractivity contribution in [3.05, 3.63) is 77.0 Å². The molecule has 3 amide bonds. The van der Waals surface area contributed by atoms with Crippen LogP contribution in [-0.2, 0) is 20.9 Å². The van der Waals surface area contributed by atoms with Crippen molar-refractivity contribution >= 4 is 50.9 Å². The highest BCUT2D eigenvalue weighted by molar-refractivity contribution is 6.06. The average Bonchev–Trinajstić information content (AvgIpc) is 4.08. The maximum atomic E-state index is 17.2. The Morgan fingerprint density at radius 3 is 2.43 bits per heavy atom. The van der Waals surface area contributed by atoms with Gasteiger partial charge in [0.15, 0.2) is 5.82 Å². The number of nitrogens with zero attached hydrogens (tertiary/aromatic N) is 8. The Morgan fingerprint density at radius 2 is 1.68 bits per heavy atom. The van der Waals surface area contributed by atoms with Crippen LogP contribution in [0.1, 0.15) is 86.2 Å². The van der Waals surface area contributed by atoms with E-state index in [9.17, 15) is 19.5 Å². The SMILES string of the molecule is C#Cc1c(F)ccc2cc(O)cc(-c3ncc4c(N5CC6CCC(C5)N6)nc(OC[C@@H]5C[C@@H](OC6CCN(CC7CCN(c8ccc9c(c8)CN(C8CCC(=O)NC8=O)C9=O)CC7)CC6)CN5CC)nc4c3F)c12. The number of piperidine rings is 3. The minimum absolute atomic E-state index is 0.0187. The number of pyridine rings is 1. The monoisotopic (exact) mass is 1010 g/mol. The number of halogens is 2. The maximum Gasteiger partial charge on any atom is 0.319 e. The van der Waals surface area contributed by atoms with Crippen LogP contribution in [0.3, 0.4) is 0 Å². The number of phenols is 1. The highest BCUT2D eigenvalue weighted by atomic mass is 19.1. The number of terminal acetylenes is 1. The number of carbonyl (C=O) groups is 3. The summed E-state index contributed by atoms with van der Waals surface area (Å²) in [5.74, 6) is 1.23. The van der Waals surface area contributed by atoms with Crippen LogP contribution in [0.25, 0.3) is 32.9 Å². The number of carbonyl (C=O) groups excluding carboxylic acids is 3. The fourth-order valence-electron chi connectivity index (χ4n) is 13.0. The van der Waals surface area contributed by atoms with Crippen molar-refractivity contribution in [1.29, 1.82) is 0 Å². The number of hydrogen-bond acceptors (Lipinski definition) is 14. The fourth-order valence-corrected chi connectivity index (χ4v) is 13.0. The van der Waals surface area contributed by atoms with Gasteiger partial charge in [-0.15, -0.1) is 6.42 Å². The highest BCUT2D eigenvalue weighted by Crippen LogP contribution is 2.40. The summed E-state index contributed by atoms with van der Waals surface area (Å²) in [5.41, 5.74) is 2.70. The fraction of sp³-hybridized carbons (Fsp3) is 0.500. The summed E-state index contributed by atoms with van der Waals surface area (Å²) in [6.07, 6.45) is 15.2. The number of amides is 3. The molecule has 0 spiro atoms. The molecule has 7 aliphatic rings. The van der Waals surface area contributed by atoms with E-state index in [0.717, 1.165) is 102 Å². The summed E-state index contributed by atoms with van der Waals surface area (Å²) in [6.45, 7) is 10.8. The number of ether oxygens (including phenoxy) is 2. The summed E-state index contributed by atoms with van der Waals surface area (Å²) in [5, 5.41) is 17.9. The number of rotatable bonds is 12. The van der Waals surface area contributed by atoms with Gasteiger partial charge in [0.05, 0.1) is 23.2 Å². The molecule has 5 atom stereocenters. The number of aromatic hydroxyl groups is 1. The largest absolute Gasteiger partial charge is 0.508 e. The minimum atomic E-state index is -0.746. The van der Waals surface area contributed by atoms with Crippen molar-refractivity contribution in [2.45, 2.75) is 108 Å². The molecule has 0 radical (unpaired) electrons. The lowest BCUT2D eigenvalue weighted by Gasteiger charge is -2.38. The van der Waals surface area contributed by atoms with Gasteiger partial charge >= 0.3 is 6.01 Å². The number of phenolic OH excluding ortho intramolecular Hbond substituents is 1. The standard InChI is InChI=1S/C56H62F2N10O6/c1-3-42-46(57)10-5-33-22-39(69)24-44(49(33)42)51-50(58)52-45(25-59-51)53(67-28-35-6-7-36(29-67)60-35)63-56(62-52)73-31-38-23-41(30-65(38)4-2)74-40-15-17-64(18-16-40)26-32-13-19-66(20-14-32)37-8-9-43-34(21-37)27-68(55(43)72)47-11-12-48(70)61-54(47)71/h1,5,8-10,21-22,24-25,32,35-36,38,40-41,47,60,69H,4,6-7,11-20,23,26-31H2,2H3,(H,61,70,71)/t35?,36?,38-,41+,47?/m0/s1. The van der Waals surface area contributed by atoms with Gasteiger partial charge in [0.2, 0.25) is 11.8 Å². The first kappa shape index (κ1) is 48.4. The zero-order valence-electron chi connectivity index (χ0n) is 41.7. The number of imide groups is 1. The second-order valence-corrected chi connectivity index (χ2v) is 21.4. The summed E-state index contributed by atoms with van der Waals surface area (Å²) in [4.78, 5) is 62.9. The number of anilines is 2. The molecule has 74 heavy (non-hydrogen) atoms. The molecule has 12 rings (SSSR count). The first-order valence-electron chi connectivity index (χ1n) is 26.5. The topological polar surface area (TPSA) is 169 Å². The minimum Gasteiger partial charge on any atom is -0.508 e. The Hall–Kier alpha value is -6.52. The smallest absolute Gasteiger partial charge is 0.319 e. The van der Waals surface area contributed by atoms with Crippen LogP contribution in [0, 0.1) is 29.9 Å². The quantitative estimate of drug-likeness (QED) is 0.102. The zero-order chi connectivity index (χ0) is 50.8. The van der Waals surface area contributed by atoms with Gasteiger partial charge in [-0.1, -0.05) is 18.9 Å². The molecular weight excluding hydrogens is 947 g/mol. The van der Waals surface area contributed by atoms with E-state index >= 15 is 8.78 Å². The van der Waals surface area contributed by atoms with E-state index in [-0.39, 0.29) is 88.1 Å². The molecule has 7 aliphatic heterocycles. The number of benzene rings is 3. The third-order valence-electron chi connectivity index (χ3n) is 16.8. The molecule has 6 fully saturated rings. The number of aromatic nitrogens is 3. The van der Waals surface area contributed by atoms with Crippen molar-refractivity contribution in [3.63, 3.8) is 0 Å². The van der Waals surface area contributed by atoms with Crippen molar-refractivity contribution in [2.75, 3.05) is 75.3 Å². The maximum absolute atomic E-state index is 17.2. The van der Waals surface area contributed by atoms with E-state index in [4.69, 9.17) is 25.9 Å². The molecule has 3 N–H and O–H groups in total. The molecule has 16 nitrogen and oxygen atoms in total. The number of piperazine rings is 1. The number of hydrogen-bond donors (Lipinski definition) is 3. The zero-order valence-corrected chi connectivity index (χ0v) is 41.7. The van der Waals surface area contributed by atoms with Gasteiger partial charge < -0.3 is 39.5 Å². The van der Waals surface area contributed by atoms with Crippen molar-refractivity contribution in [2.24, 2.45) is 5.92 Å². The molecule has 2 aromatic heterocycles. The summed E-state index contributed by atoms with van der Waals surface area (Å²) >= 11 is 0. The molecule has 6 saturated heterocycles. The van der Waals surface area contributed by atoms with Crippen LogP contribution in [0.5, 0.6) is 11.8 Å². The van der Waals surface area contributed by atoms with Crippen molar-refractivity contribution in [1.82, 2.24) is 40.3 Å². The lowest BCUT2D eigenvalue weighted by Crippen LogP contribution is -2.52. The third-order valence-corrected chi connectivity index (χ3v) is 16.8. The van der Waals surface area contributed by atoms with E-state index in [1.165, 1.54) is 24.3 Å². The van der Waals surface area contributed by atoms with Crippen LogP contribution in [0.2, 0.25) is 0 Å². The molecule has 0 aliphatic carbocycles. The summed E-state index contributed by atoms with van der Waals surface area (Å²) in [7, 11) is 0. The lowest BCUT2D eigenvalue weighted by atomic mass is 9.94. The van der Waals surface area contributed by atoms with Crippen LogP contribution < -0.4 is 25.2 Å². The van der Waals surface area contributed by atoms with E-state index in [1.54, 1.807) is 11.1 Å². The van der Waals surface area contributed by atoms with E-state index in [2.05, 4.69) is 54.1 Å². The molecule has 3 aromatic carbocycles. The van der Waals surface area contributed by atoms with Crippen LogP contribution in [0.15, 0.2) is 48.7 Å². The first-order chi connectivity index (χ1) is 36.0. The Kier molecular flexibility index (Phi) is 13.1. The van der Waals surface area contributed by atoms with Crippen LogP contribution in [-0.4, -0.2) is 154 Å². The summed E-state index contributed by atoms with van der Waals surface area (Å²) < 4.78 is 45.6. The van der Waals surface area contributed by atoms with E-state index in [0.29, 0.717) is 60.7 Å². The van der Waals surface area contributed by atoms with Gasteiger partial charge in [0.25, 0.3) is 5.91 Å². The van der Waals surface area contributed by atoms with Gasteiger partial charge in [0, 0.05) is 112 Å². The average molecular weight is 1010 g/mol. The molecule has 0 saturated carbocycles. The molecule has 2 bridgehead atoms. The Morgan fingerprint density at radius 1 is 0.878 bits per heavy atom. The van der Waals surface area contributed by atoms with Crippen LogP contribution in [0.4, 0.5) is 20.3 Å². The van der Waals surface area contributed by atoms with Gasteiger partial charge in [-0.25, -0.2) is 8.78 Å². The van der Waals surface area contributed by atoms with Crippen molar-refractivity contribution < 1.29 is 37.7 Å². The first-order valence-corrected chi connectivity index (χ1v) is 26.5. The molecule has 3 unspecified atom stereocenters. The molecular formula is C56H62F2N10O6. The normalized spacial score (nSPS) is 25.1. The molecule has 18 heteroatoms. The lowest BCUT2D eigenvalue weighted by molar-refractivity contribution is -0.136. The number of fused-ring (bicyclic) bond motifs is 5. The van der Waals surface area contributed by atoms with E-state index in [1.807, 2.05) is 12.1 Å². The molecule has 386 valence electrons. The predicted octanol–water partition coefficient (Wildman–Crippen LogP) is 5.75. The Balaban J connectivity index is 0.666. The summed E-state index contributed by atoms with van der Waals surface area (Å²) in [6, 6.07) is 11.6. The Bertz CT molecular complexity index is 3070. The second-order valence-electron chi connectivity index (χ2n) is 21.4. The molecule has 5 aromatic rings. The van der Waals surface area contributed by atoms with Gasteiger partial charge in [-0.2, -0.15) is 9.97 Å². The predicted molar refractivity (Wildman–Crippen MR) is 275 cm³/mol. The molecule has 9 heterocycles. The van der Waals surface area contributed by atoms with Gasteiger partial charge in [-0.3, -0.25) is 29.6 Å².